The van der Waals surface area contributed by atoms with Crippen molar-refractivity contribution in [2.75, 3.05) is 5.32 Å². The van der Waals surface area contributed by atoms with Crippen LogP contribution < -0.4 is 10.6 Å². The molecular formula is C23H29N3S. The Bertz CT molecular complexity index is 791. The normalized spacial score (nSPS) is 24.6. The third-order valence-electron chi connectivity index (χ3n) is 6.28. The van der Waals surface area contributed by atoms with E-state index in [1.54, 1.807) is 0 Å². The van der Waals surface area contributed by atoms with Crippen molar-refractivity contribution >= 4 is 23.0 Å². The molecule has 2 heterocycles. The highest BCUT2D eigenvalue weighted by molar-refractivity contribution is 7.80. The topological polar surface area (TPSA) is 27.3 Å². The van der Waals surface area contributed by atoms with Crippen LogP contribution in [0.2, 0.25) is 0 Å². The smallest absolute Gasteiger partial charge is 0.171 e. The predicted octanol–water partition coefficient (Wildman–Crippen LogP) is 4.79. The summed E-state index contributed by atoms with van der Waals surface area (Å²) in [6.07, 6.45) is 4.98. The van der Waals surface area contributed by atoms with E-state index in [4.69, 9.17) is 12.2 Å². The number of hydrogen-bond donors (Lipinski definition) is 2. The summed E-state index contributed by atoms with van der Waals surface area (Å²) >= 11 is 5.62. The second kappa shape index (κ2) is 7.99. The zero-order valence-electron chi connectivity index (χ0n) is 16.2. The fourth-order valence-electron chi connectivity index (χ4n) is 4.67. The summed E-state index contributed by atoms with van der Waals surface area (Å²) in [6, 6.07) is 19.0. The van der Waals surface area contributed by atoms with Crippen molar-refractivity contribution in [3.05, 3.63) is 65.2 Å². The van der Waals surface area contributed by atoms with Gasteiger partial charge in [0, 0.05) is 30.4 Å². The van der Waals surface area contributed by atoms with Crippen molar-refractivity contribution in [2.45, 2.75) is 64.2 Å². The first-order valence-corrected chi connectivity index (χ1v) is 10.4. The predicted molar refractivity (Wildman–Crippen MR) is 117 cm³/mol. The maximum atomic E-state index is 5.62. The van der Waals surface area contributed by atoms with Gasteiger partial charge in [-0.1, -0.05) is 42.5 Å². The van der Waals surface area contributed by atoms with Gasteiger partial charge in [-0.25, -0.2) is 0 Å². The van der Waals surface area contributed by atoms with Crippen LogP contribution >= 0.6 is 12.2 Å². The number of hydrogen-bond acceptors (Lipinski definition) is 2. The molecule has 0 amide bonds. The average molecular weight is 380 g/mol. The molecule has 27 heavy (non-hydrogen) atoms. The van der Waals surface area contributed by atoms with Gasteiger partial charge in [-0.15, -0.1) is 0 Å². The van der Waals surface area contributed by atoms with Crippen LogP contribution in [0.5, 0.6) is 0 Å². The van der Waals surface area contributed by atoms with E-state index in [0.717, 1.165) is 17.3 Å². The maximum Gasteiger partial charge on any atom is 0.171 e. The molecule has 142 valence electrons. The summed E-state index contributed by atoms with van der Waals surface area (Å²) in [6.45, 7) is 5.35. The third-order valence-corrected chi connectivity index (χ3v) is 6.50. The molecule has 2 aromatic carbocycles. The van der Waals surface area contributed by atoms with Gasteiger partial charge in [-0.2, -0.15) is 0 Å². The van der Waals surface area contributed by atoms with Gasteiger partial charge >= 0.3 is 0 Å². The number of rotatable bonds is 4. The van der Waals surface area contributed by atoms with Crippen molar-refractivity contribution in [1.29, 1.82) is 0 Å². The lowest BCUT2D eigenvalue weighted by atomic mass is 9.96. The lowest BCUT2D eigenvalue weighted by Gasteiger charge is -2.39. The Morgan fingerprint density at radius 3 is 2.41 bits per heavy atom. The molecule has 0 radical (unpaired) electrons. The summed E-state index contributed by atoms with van der Waals surface area (Å²) in [5.74, 6) is 0. The van der Waals surface area contributed by atoms with Gasteiger partial charge in [0.2, 0.25) is 0 Å². The highest BCUT2D eigenvalue weighted by Gasteiger charge is 2.40. The largest absolute Gasteiger partial charge is 0.360 e. The number of thiocarbonyl (C=S) groups is 1. The second-order valence-corrected chi connectivity index (χ2v) is 8.47. The fraction of sp³-hybridized carbons (Fsp3) is 0.435. The number of anilines is 1. The summed E-state index contributed by atoms with van der Waals surface area (Å²) in [4.78, 5) is 2.72. The minimum Gasteiger partial charge on any atom is -0.360 e. The molecule has 2 atom stereocenters. The van der Waals surface area contributed by atoms with Crippen molar-refractivity contribution < 1.29 is 0 Å². The number of piperidine rings is 1. The van der Waals surface area contributed by atoms with Crippen LogP contribution in [0.25, 0.3) is 0 Å². The molecule has 2 aromatic rings. The van der Waals surface area contributed by atoms with Crippen molar-refractivity contribution in [3.63, 3.8) is 0 Å². The summed E-state index contributed by atoms with van der Waals surface area (Å²) in [5.41, 5.74) is 5.08. The van der Waals surface area contributed by atoms with Crippen LogP contribution in [0.1, 0.15) is 42.4 Å². The first-order valence-electron chi connectivity index (χ1n) is 10.0. The van der Waals surface area contributed by atoms with Crippen molar-refractivity contribution in [3.8, 4) is 0 Å². The molecule has 0 spiro atoms. The Morgan fingerprint density at radius 1 is 1.00 bits per heavy atom. The lowest BCUT2D eigenvalue weighted by Crippen LogP contribution is -2.50. The average Bonchev–Trinajstić information content (AvgIpc) is 2.88. The quantitative estimate of drug-likeness (QED) is 0.747. The number of nitrogens with one attached hydrogen (secondary N) is 2. The maximum absolute atomic E-state index is 5.62. The summed E-state index contributed by atoms with van der Waals surface area (Å²) in [7, 11) is 0. The Labute approximate surface area is 168 Å². The van der Waals surface area contributed by atoms with Crippen LogP contribution in [-0.2, 0) is 6.54 Å². The molecule has 0 saturated carbocycles. The van der Waals surface area contributed by atoms with Gasteiger partial charge in [-0.05, 0) is 74.5 Å². The van der Waals surface area contributed by atoms with Gasteiger partial charge in [0.1, 0.15) is 0 Å². The molecule has 2 unspecified atom stereocenters. The van der Waals surface area contributed by atoms with Crippen LogP contribution in [0.3, 0.4) is 0 Å². The Balaban J connectivity index is 1.34. The van der Waals surface area contributed by atoms with Crippen molar-refractivity contribution in [1.82, 2.24) is 10.2 Å². The summed E-state index contributed by atoms with van der Waals surface area (Å²) < 4.78 is 0. The zero-order chi connectivity index (χ0) is 18.8. The van der Waals surface area contributed by atoms with Crippen LogP contribution in [0.4, 0.5) is 5.69 Å². The lowest BCUT2D eigenvalue weighted by molar-refractivity contribution is 0.115. The molecule has 2 bridgehead atoms. The molecule has 0 aliphatic carbocycles. The van der Waals surface area contributed by atoms with E-state index in [0.29, 0.717) is 18.1 Å². The van der Waals surface area contributed by atoms with E-state index >= 15 is 0 Å². The van der Waals surface area contributed by atoms with E-state index in [1.807, 2.05) is 0 Å². The Kier molecular flexibility index (Phi) is 5.46. The fourth-order valence-corrected chi connectivity index (χ4v) is 4.95. The van der Waals surface area contributed by atoms with Gasteiger partial charge < -0.3 is 10.6 Å². The van der Waals surface area contributed by atoms with Gasteiger partial charge in [0.05, 0.1) is 0 Å². The van der Waals surface area contributed by atoms with Gasteiger partial charge in [0.15, 0.2) is 5.11 Å². The molecule has 4 heteroatoms. The third kappa shape index (κ3) is 4.17. The number of nitrogens with zero attached hydrogens (tertiary/aromatic N) is 1. The van der Waals surface area contributed by atoms with Gasteiger partial charge in [-0.3, -0.25) is 4.90 Å². The first kappa shape index (κ1) is 18.5. The number of benzene rings is 2. The standard InChI is InChI=1S/C23H29N3S/c1-16-7-6-10-22(17(16)2)25-23(27)24-19-13-20-11-12-21(14-19)26(20)15-18-8-4-3-5-9-18/h3-10,19-21H,11-15H2,1-2H3,(H2,24,25,27). The van der Waals surface area contributed by atoms with Crippen LogP contribution in [0.15, 0.2) is 48.5 Å². The molecule has 2 fully saturated rings. The van der Waals surface area contributed by atoms with Crippen LogP contribution in [-0.4, -0.2) is 28.1 Å². The highest BCUT2D eigenvalue weighted by atomic mass is 32.1. The van der Waals surface area contributed by atoms with E-state index in [1.165, 1.54) is 42.4 Å². The molecule has 2 aliphatic heterocycles. The zero-order valence-corrected chi connectivity index (χ0v) is 17.1. The molecule has 2 N–H and O–H groups in total. The summed E-state index contributed by atoms with van der Waals surface area (Å²) in [5, 5.41) is 7.75. The minimum absolute atomic E-state index is 0.472. The molecule has 2 saturated heterocycles. The van der Waals surface area contributed by atoms with Gasteiger partial charge in [0.25, 0.3) is 0 Å². The monoisotopic (exact) mass is 379 g/mol. The minimum atomic E-state index is 0.472. The molecule has 3 nitrogen and oxygen atoms in total. The molecule has 4 rings (SSSR count). The molecular weight excluding hydrogens is 350 g/mol. The molecule has 2 aliphatic rings. The number of aryl methyl sites for hydroxylation is 1. The SMILES string of the molecule is Cc1cccc(NC(=S)NC2CC3CCC(C2)N3Cc2ccccc2)c1C. The van der Waals surface area contributed by atoms with Crippen LogP contribution in [0, 0.1) is 13.8 Å². The second-order valence-electron chi connectivity index (χ2n) is 8.06. The van der Waals surface area contributed by atoms with E-state index in [-0.39, 0.29) is 0 Å². The Morgan fingerprint density at radius 2 is 1.70 bits per heavy atom. The Hall–Kier alpha value is -1.91. The van der Waals surface area contributed by atoms with Crippen molar-refractivity contribution in [2.24, 2.45) is 0 Å². The van der Waals surface area contributed by atoms with E-state index in [2.05, 4.69) is 77.9 Å². The van der Waals surface area contributed by atoms with E-state index in [9.17, 15) is 0 Å². The number of fused-ring (bicyclic) bond motifs is 2. The van der Waals surface area contributed by atoms with E-state index < -0.39 is 0 Å². The highest BCUT2D eigenvalue weighted by Crippen LogP contribution is 2.36. The first-order chi connectivity index (χ1) is 13.1. The molecule has 0 aromatic heterocycles.